The van der Waals surface area contributed by atoms with Gasteiger partial charge in [-0.25, -0.2) is 0 Å². The van der Waals surface area contributed by atoms with Gasteiger partial charge in [0, 0.05) is 12.5 Å². The zero-order valence-corrected chi connectivity index (χ0v) is 10.3. The molecule has 1 heterocycles. The summed E-state index contributed by atoms with van der Waals surface area (Å²) >= 11 is 0. The molecule has 2 rings (SSSR count). The Bertz CT molecular complexity index is 345. The Morgan fingerprint density at radius 3 is 3.06 bits per heavy atom. The fourth-order valence-corrected chi connectivity index (χ4v) is 2.29. The smallest absolute Gasteiger partial charge is 0.122 e. The molecule has 0 saturated carbocycles. The van der Waals surface area contributed by atoms with Crippen LogP contribution < -0.4 is 10.1 Å². The lowest BCUT2D eigenvalue weighted by atomic mass is 10.0. The Hall–Kier alpha value is -1.02. The van der Waals surface area contributed by atoms with Gasteiger partial charge in [0.15, 0.2) is 0 Å². The normalized spacial score (nSPS) is 15.6. The molecule has 0 fully saturated rings. The molecule has 0 aliphatic carbocycles. The van der Waals surface area contributed by atoms with Crippen molar-refractivity contribution in [3.63, 3.8) is 0 Å². The third kappa shape index (κ3) is 2.56. The van der Waals surface area contributed by atoms with Crippen molar-refractivity contribution in [1.29, 1.82) is 0 Å². The molecular weight excluding hydrogens is 198 g/mol. The topological polar surface area (TPSA) is 21.3 Å². The Morgan fingerprint density at radius 1 is 1.44 bits per heavy atom. The van der Waals surface area contributed by atoms with Crippen LogP contribution in [0.4, 0.5) is 0 Å². The van der Waals surface area contributed by atoms with Gasteiger partial charge in [-0.2, -0.15) is 0 Å². The van der Waals surface area contributed by atoms with Gasteiger partial charge < -0.3 is 10.1 Å². The van der Waals surface area contributed by atoms with E-state index in [2.05, 4.69) is 30.4 Å². The average Bonchev–Trinajstić information content (AvgIpc) is 2.77. The van der Waals surface area contributed by atoms with Gasteiger partial charge in [0.25, 0.3) is 0 Å². The van der Waals surface area contributed by atoms with E-state index >= 15 is 0 Å². The van der Waals surface area contributed by atoms with Crippen LogP contribution in [-0.4, -0.2) is 19.7 Å². The molecule has 0 bridgehead atoms. The van der Waals surface area contributed by atoms with E-state index < -0.39 is 0 Å². The van der Waals surface area contributed by atoms with E-state index in [-0.39, 0.29) is 0 Å². The van der Waals surface area contributed by atoms with Gasteiger partial charge in [-0.1, -0.05) is 19.1 Å². The van der Waals surface area contributed by atoms with Gasteiger partial charge in [0.1, 0.15) is 5.75 Å². The van der Waals surface area contributed by atoms with Crippen molar-refractivity contribution in [2.24, 2.45) is 0 Å². The lowest BCUT2D eigenvalue weighted by molar-refractivity contribution is 0.357. The second-order valence-corrected chi connectivity index (χ2v) is 4.47. The number of nitrogens with one attached hydrogen (secondary N) is 1. The summed E-state index contributed by atoms with van der Waals surface area (Å²) in [6.07, 6.45) is 4.65. The SMILES string of the molecule is CCC(CCc1ccc2c(c1)CCO2)NC. The molecule has 88 valence electrons. The van der Waals surface area contributed by atoms with E-state index in [0.29, 0.717) is 6.04 Å². The molecule has 0 spiro atoms. The van der Waals surface area contributed by atoms with Gasteiger partial charge in [0.05, 0.1) is 6.61 Å². The van der Waals surface area contributed by atoms with E-state index in [9.17, 15) is 0 Å². The summed E-state index contributed by atoms with van der Waals surface area (Å²) in [5.74, 6) is 1.09. The number of hydrogen-bond donors (Lipinski definition) is 1. The minimum absolute atomic E-state index is 0.643. The molecule has 2 heteroatoms. The van der Waals surface area contributed by atoms with Gasteiger partial charge in [0.2, 0.25) is 0 Å². The maximum absolute atomic E-state index is 5.51. The molecule has 1 aliphatic rings. The maximum atomic E-state index is 5.51. The first-order chi connectivity index (χ1) is 7.83. The Labute approximate surface area is 98.0 Å². The predicted molar refractivity (Wildman–Crippen MR) is 67.1 cm³/mol. The summed E-state index contributed by atoms with van der Waals surface area (Å²) in [6.45, 7) is 3.09. The number of rotatable bonds is 5. The minimum Gasteiger partial charge on any atom is -0.493 e. The van der Waals surface area contributed by atoms with Crippen molar-refractivity contribution in [1.82, 2.24) is 5.32 Å². The summed E-state index contributed by atoms with van der Waals surface area (Å²) < 4.78 is 5.51. The number of hydrogen-bond acceptors (Lipinski definition) is 2. The third-order valence-electron chi connectivity index (χ3n) is 3.44. The van der Waals surface area contributed by atoms with Crippen molar-refractivity contribution >= 4 is 0 Å². The van der Waals surface area contributed by atoms with Crippen LogP contribution in [0.5, 0.6) is 5.75 Å². The molecule has 0 aromatic heterocycles. The molecule has 0 amide bonds. The summed E-state index contributed by atoms with van der Waals surface area (Å²) in [5, 5.41) is 3.35. The molecule has 1 aromatic carbocycles. The molecule has 0 saturated heterocycles. The Kier molecular flexibility index (Phi) is 3.83. The lowest BCUT2D eigenvalue weighted by Crippen LogP contribution is -2.24. The van der Waals surface area contributed by atoms with Crippen LogP contribution in [0.25, 0.3) is 0 Å². The van der Waals surface area contributed by atoms with E-state index in [1.165, 1.54) is 24.0 Å². The number of fused-ring (bicyclic) bond motifs is 1. The van der Waals surface area contributed by atoms with Gasteiger partial charge in [-0.3, -0.25) is 0 Å². The van der Waals surface area contributed by atoms with E-state index in [0.717, 1.165) is 25.2 Å². The van der Waals surface area contributed by atoms with Crippen LogP contribution in [0, 0.1) is 0 Å². The van der Waals surface area contributed by atoms with Crippen LogP contribution >= 0.6 is 0 Å². The molecule has 1 N–H and O–H groups in total. The third-order valence-corrected chi connectivity index (χ3v) is 3.44. The highest BCUT2D eigenvalue weighted by Gasteiger charge is 2.12. The van der Waals surface area contributed by atoms with Crippen LogP contribution in [0.1, 0.15) is 30.9 Å². The van der Waals surface area contributed by atoms with Crippen LogP contribution in [0.3, 0.4) is 0 Å². The first-order valence-corrected chi connectivity index (χ1v) is 6.25. The first kappa shape index (κ1) is 11.5. The summed E-state index contributed by atoms with van der Waals surface area (Å²) in [4.78, 5) is 0. The van der Waals surface area contributed by atoms with Gasteiger partial charge >= 0.3 is 0 Å². The second kappa shape index (κ2) is 5.35. The highest BCUT2D eigenvalue weighted by Crippen LogP contribution is 2.26. The molecule has 1 unspecified atom stereocenters. The highest BCUT2D eigenvalue weighted by molar-refractivity contribution is 5.39. The van der Waals surface area contributed by atoms with Gasteiger partial charge in [-0.05, 0) is 43.5 Å². The summed E-state index contributed by atoms with van der Waals surface area (Å²) in [7, 11) is 2.05. The van der Waals surface area contributed by atoms with Crippen LogP contribution in [0.15, 0.2) is 18.2 Å². The van der Waals surface area contributed by atoms with Crippen molar-refractivity contribution in [3.8, 4) is 5.75 Å². The second-order valence-electron chi connectivity index (χ2n) is 4.47. The maximum Gasteiger partial charge on any atom is 0.122 e. The highest BCUT2D eigenvalue weighted by atomic mass is 16.5. The fourth-order valence-electron chi connectivity index (χ4n) is 2.29. The number of benzene rings is 1. The van der Waals surface area contributed by atoms with Crippen molar-refractivity contribution in [2.45, 2.75) is 38.6 Å². The van der Waals surface area contributed by atoms with E-state index in [4.69, 9.17) is 4.74 Å². The van der Waals surface area contributed by atoms with Crippen molar-refractivity contribution in [3.05, 3.63) is 29.3 Å². The molecule has 0 radical (unpaired) electrons. The Balaban J connectivity index is 1.95. The molecule has 1 aliphatic heterocycles. The zero-order valence-electron chi connectivity index (χ0n) is 10.3. The van der Waals surface area contributed by atoms with E-state index in [1.807, 2.05) is 7.05 Å². The van der Waals surface area contributed by atoms with Gasteiger partial charge in [-0.15, -0.1) is 0 Å². The monoisotopic (exact) mass is 219 g/mol. The number of aryl methyl sites for hydroxylation is 1. The van der Waals surface area contributed by atoms with Crippen molar-refractivity contribution < 1.29 is 4.74 Å². The quantitative estimate of drug-likeness (QED) is 0.821. The molecule has 1 atom stereocenters. The van der Waals surface area contributed by atoms with Crippen LogP contribution in [0.2, 0.25) is 0 Å². The fraction of sp³-hybridized carbons (Fsp3) is 0.571. The van der Waals surface area contributed by atoms with Crippen molar-refractivity contribution in [2.75, 3.05) is 13.7 Å². The first-order valence-electron chi connectivity index (χ1n) is 6.25. The minimum atomic E-state index is 0.643. The molecule has 16 heavy (non-hydrogen) atoms. The predicted octanol–water partition coefficient (Wildman–Crippen LogP) is 2.55. The van der Waals surface area contributed by atoms with E-state index in [1.54, 1.807) is 0 Å². The summed E-state index contributed by atoms with van der Waals surface area (Å²) in [6, 6.07) is 7.28. The molecule has 2 nitrogen and oxygen atoms in total. The largest absolute Gasteiger partial charge is 0.493 e. The lowest BCUT2D eigenvalue weighted by Gasteiger charge is -2.13. The average molecular weight is 219 g/mol. The van der Waals surface area contributed by atoms with Crippen LogP contribution in [-0.2, 0) is 12.8 Å². The standard InChI is InChI=1S/C14H21NO/c1-3-13(15-2)6-4-11-5-7-14-12(10-11)8-9-16-14/h5,7,10,13,15H,3-4,6,8-9H2,1-2H3. The number of ether oxygens (including phenoxy) is 1. The molecule has 1 aromatic rings. The molecular formula is C14H21NO. The summed E-state index contributed by atoms with van der Waals surface area (Å²) in [5.41, 5.74) is 2.83. The zero-order chi connectivity index (χ0) is 11.4. The Morgan fingerprint density at radius 2 is 2.31 bits per heavy atom.